The zero-order valence-corrected chi connectivity index (χ0v) is 15.2. The molecule has 3 atom stereocenters. The van der Waals surface area contributed by atoms with Gasteiger partial charge in [-0.25, -0.2) is 0 Å². The molecule has 0 bridgehead atoms. The van der Waals surface area contributed by atoms with Gasteiger partial charge in [-0.05, 0) is 37.0 Å². The van der Waals surface area contributed by atoms with Gasteiger partial charge in [-0.3, -0.25) is 19.3 Å². The molecule has 0 unspecified atom stereocenters. The molecular weight excluding hydrogens is 363 g/mol. The Morgan fingerprint density at radius 3 is 2.68 bits per heavy atom. The largest absolute Gasteiger partial charge is 0.324 e. The summed E-state index contributed by atoms with van der Waals surface area (Å²) in [6, 6.07) is 4.69. The van der Waals surface area contributed by atoms with Crippen molar-refractivity contribution in [3.8, 4) is 0 Å². The lowest BCUT2D eigenvalue weighted by Crippen LogP contribution is -2.38. The number of nitrogens with one attached hydrogen (secondary N) is 1. The highest BCUT2D eigenvalue weighted by Crippen LogP contribution is 2.39. The van der Waals surface area contributed by atoms with E-state index in [4.69, 9.17) is 23.2 Å². The lowest BCUT2D eigenvalue weighted by molar-refractivity contribution is -0.142. The Hall–Kier alpha value is -1.85. The number of fused-ring (bicyclic) bond motifs is 1. The maximum absolute atomic E-state index is 12.7. The Kier molecular flexibility index (Phi) is 5.16. The molecule has 3 rings (SSSR count). The van der Waals surface area contributed by atoms with Gasteiger partial charge in [-0.1, -0.05) is 42.3 Å². The minimum Gasteiger partial charge on any atom is -0.324 e. The van der Waals surface area contributed by atoms with E-state index in [1.807, 2.05) is 19.1 Å². The van der Waals surface area contributed by atoms with Crippen LogP contribution in [0.15, 0.2) is 30.4 Å². The Morgan fingerprint density at radius 2 is 2.00 bits per heavy atom. The van der Waals surface area contributed by atoms with Gasteiger partial charge >= 0.3 is 0 Å². The molecule has 1 aliphatic carbocycles. The van der Waals surface area contributed by atoms with E-state index in [-0.39, 0.29) is 36.1 Å². The fourth-order valence-electron chi connectivity index (χ4n) is 3.53. The number of carbonyl (C=O) groups is 3. The number of imide groups is 1. The van der Waals surface area contributed by atoms with Gasteiger partial charge in [0.05, 0.1) is 21.9 Å². The van der Waals surface area contributed by atoms with Crippen LogP contribution in [0.2, 0.25) is 10.0 Å². The van der Waals surface area contributed by atoms with Gasteiger partial charge < -0.3 is 5.32 Å². The molecule has 1 N–H and O–H groups in total. The van der Waals surface area contributed by atoms with Gasteiger partial charge in [-0.2, -0.15) is 0 Å². The van der Waals surface area contributed by atoms with E-state index in [1.165, 1.54) is 6.07 Å². The first kappa shape index (κ1) is 18.0. The third-order valence-electron chi connectivity index (χ3n) is 4.78. The number of allylic oxidation sites excluding steroid dienone is 2. The van der Waals surface area contributed by atoms with E-state index >= 15 is 0 Å². The van der Waals surface area contributed by atoms with Crippen molar-refractivity contribution in [2.45, 2.75) is 19.8 Å². The predicted octanol–water partition coefficient (Wildman–Crippen LogP) is 3.52. The summed E-state index contributed by atoms with van der Waals surface area (Å²) in [7, 11) is 0. The average molecular weight is 381 g/mol. The standard InChI is InChI=1S/C18H18Cl2N2O3/c1-2-10-4-3-5-12-16(10)18(25)22(17(12)24)9-15(23)21-11-6-7-13(19)14(20)8-11/h3-4,6-8,10,12,16H,2,5,9H2,1H3,(H,21,23)/t10-,12-,16+/m0/s1. The summed E-state index contributed by atoms with van der Waals surface area (Å²) in [5, 5.41) is 3.34. The van der Waals surface area contributed by atoms with Crippen LogP contribution in [0.3, 0.4) is 0 Å². The molecule has 3 amide bonds. The van der Waals surface area contributed by atoms with Crippen LogP contribution < -0.4 is 5.32 Å². The second-order valence-corrected chi connectivity index (χ2v) is 7.12. The fourth-order valence-corrected chi connectivity index (χ4v) is 3.83. The molecule has 132 valence electrons. The predicted molar refractivity (Wildman–Crippen MR) is 96.3 cm³/mol. The van der Waals surface area contributed by atoms with Crippen molar-refractivity contribution >= 4 is 46.6 Å². The van der Waals surface area contributed by atoms with Crippen LogP contribution >= 0.6 is 23.2 Å². The first-order chi connectivity index (χ1) is 11.9. The zero-order valence-electron chi connectivity index (χ0n) is 13.7. The topological polar surface area (TPSA) is 66.5 Å². The molecule has 1 aromatic carbocycles. The van der Waals surface area contributed by atoms with Crippen molar-refractivity contribution in [1.29, 1.82) is 0 Å². The normalized spacial score (nSPS) is 25.2. The Labute approximate surface area is 156 Å². The number of hydrogen-bond acceptors (Lipinski definition) is 3. The smallest absolute Gasteiger partial charge is 0.244 e. The van der Waals surface area contributed by atoms with E-state index in [0.29, 0.717) is 22.2 Å². The van der Waals surface area contributed by atoms with Crippen molar-refractivity contribution < 1.29 is 14.4 Å². The number of benzene rings is 1. The number of likely N-dealkylation sites (tertiary alicyclic amines) is 1. The summed E-state index contributed by atoms with van der Waals surface area (Å²) in [6.45, 7) is 1.70. The third kappa shape index (κ3) is 3.44. The number of anilines is 1. The molecule has 5 nitrogen and oxygen atoms in total. The van der Waals surface area contributed by atoms with Gasteiger partial charge in [0.15, 0.2) is 0 Å². The first-order valence-corrected chi connectivity index (χ1v) is 8.94. The quantitative estimate of drug-likeness (QED) is 0.641. The number of rotatable bonds is 4. The highest BCUT2D eigenvalue weighted by Gasteiger charge is 2.50. The molecular formula is C18H18Cl2N2O3. The van der Waals surface area contributed by atoms with Gasteiger partial charge in [0.25, 0.3) is 0 Å². The van der Waals surface area contributed by atoms with Crippen molar-refractivity contribution in [3.05, 3.63) is 40.4 Å². The Morgan fingerprint density at radius 1 is 1.24 bits per heavy atom. The van der Waals surface area contributed by atoms with Gasteiger partial charge in [-0.15, -0.1) is 0 Å². The molecule has 2 aliphatic rings. The maximum Gasteiger partial charge on any atom is 0.244 e. The highest BCUT2D eigenvalue weighted by atomic mass is 35.5. The van der Waals surface area contributed by atoms with Crippen LogP contribution in [-0.4, -0.2) is 29.2 Å². The molecule has 1 heterocycles. The van der Waals surface area contributed by atoms with Crippen molar-refractivity contribution in [1.82, 2.24) is 4.90 Å². The Bertz CT molecular complexity index is 763. The summed E-state index contributed by atoms with van der Waals surface area (Å²) < 4.78 is 0. The van der Waals surface area contributed by atoms with Gasteiger partial charge in [0.2, 0.25) is 17.7 Å². The average Bonchev–Trinajstić information content (AvgIpc) is 2.83. The van der Waals surface area contributed by atoms with E-state index in [1.54, 1.807) is 12.1 Å². The first-order valence-electron chi connectivity index (χ1n) is 8.19. The number of halogens is 2. The molecule has 1 aliphatic heterocycles. The van der Waals surface area contributed by atoms with Crippen LogP contribution in [0.1, 0.15) is 19.8 Å². The van der Waals surface area contributed by atoms with Gasteiger partial charge in [0.1, 0.15) is 6.54 Å². The minimum absolute atomic E-state index is 0.0540. The van der Waals surface area contributed by atoms with Crippen LogP contribution in [0.25, 0.3) is 0 Å². The van der Waals surface area contributed by atoms with Crippen molar-refractivity contribution in [2.24, 2.45) is 17.8 Å². The number of nitrogens with zero attached hydrogens (tertiary/aromatic N) is 1. The third-order valence-corrected chi connectivity index (χ3v) is 5.52. The van der Waals surface area contributed by atoms with Crippen LogP contribution in [0, 0.1) is 17.8 Å². The molecule has 1 saturated heterocycles. The van der Waals surface area contributed by atoms with Crippen molar-refractivity contribution in [3.63, 3.8) is 0 Å². The SMILES string of the molecule is CC[C@H]1C=CC[C@@H]2C(=O)N(CC(=O)Nc3ccc(Cl)c(Cl)c3)C(=O)[C@H]12. The van der Waals surface area contributed by atoms with Crippen LogP contribution in [0.5, 0.6) is 0 Å². The molecule has 0 saturated carbocycles. The second-order valence-electron chi connectivity index (χ2n) is 6.31. The highest BCUT2D eigenvalue weighted by molar-refractivity contribution is 6.42. The number of carbonyl (C=O) groups excluding carboxylic acids is 3. The fraction of sp³-hybridized carbons (Fsp3) is 0.389. The number of hydrogen-bond donors (Lipinski definition) is 1. The van der Waals surface area contributed by atoms with Gasteiger partial charge in [0, 0.05) is 5.69 Å². The van der Waals surface area contributed by atoms with E-state index in [0.717, 1.165) is 11.3 Å². The lowest BCUT2D eigenvalue weighted by Gasteiger charge is -2.24. The molecule has 1 fully saturated rings. The molecule has 25 heavy (non-hydrogen) atoms. The van der Waals surface area contributed by atoms with Crippen molar-refractivity contribution in [2.75, 3.05) is 11.9 Å². The monoisotopic (exact) mass is 380 g/mol. The lowest BCUT2D eigenvalue weighted by atomic mass is 9.76. The Balaban J connectivity index is 1.70. The van der Waals surface area contributed by atoms with E-state index in [2.05, 4.69) is 5.32 Å². The zero-order chi connectivity index (χ0) is 18.1. The van der Waals surface area contributed by atoms with Crippen LogP contribution in [-0.2, 0) is 14.4 Å². The molecule has 0 spiro atoms. The molecule has 7 heteroatoms. The summed E-state index contributed by atoms with van der Waals surface area (Å²) in [4.78, 5) is 38.6. The summed E-state index contributed by atoms with van der Waals surface area (Å²) in [6.07, 6.45) is 5.31. The van der Waals surface area contributed by atoms with Crippen LogP contribution in [0.4, 0.5) is 5.69 Å². The summed E-state index contributed by atoms with van der Waals surface area (Å²) in [5.74, 6) is -1.60. The summed E-state index contributed by atoms with van der Waals surface area (Å²) in [5.41, 5.74) is 0.462. The van der Waals surface area contributed by atoms with E-state index < -0.39 is 5.91 Å². The molecule has 0 aromatic heterocycles. The summed E-state index contributed by atoms with van der Waals surface area (Å²) >= 11 is 11.8. The van der Waals surface area contributed by atoms with E-state index in [9.17, 15) is 14.4 Å². The molecule has 0 radical (unpaired) electrons. The number of amides is 3. The molecule has 1 aromatic rings. The minimum atomic E-state index is -0.445. The second kappa shape index (κ2) is 7.18. The maximum atomic E-state index is 12.7.